The highest BCUT2D eigenvalue weighted by molar-refractivity contribution is 5.48. The molecule has 20 heavy (non-hydrogen) atoms. The van der Waals surface area contributed by atoms with Crippen LogP contribution >= 0.6 is 0 Å². The number of hydrogen-bond donors (Lipinski definition) is 1. The zero-order chi connectivity index (χ0) is 13.8. The molecule has 1 saturated carbocycles. The highest BCUT2D eigenvalue weighted by atomic mass is 15.2. The van der Waals surface area contributed by atoms with Gasteiger partial charge < -0.3 is 10.2 Å². The van der Waals surface area contributed by atoms with E-state index < -0.39 is 0 Å². The molecule has 1 aliphatic heterocycles. The van der Waals surface area contributed by atoms with E-state index in [1.54, 1.807) is 0 Å². The van der Waals surface area contributed by atoms with Crippen molar-refractivity contribution in [1.82, 2.24) is 5.32 Å². The maximum atomic E-state index is 3.68. The molecule has 1 aromatic carbocycles. The summed E-state index contributed by atoms with van der Waals surface area (Å²) in [6.07, 6.45) is 7.95. The van der Waals surface area contributed by atoms with E-state index in [0.29, 0.717) is 0 Å². The quantitative estimate of drug-likeness (QED) is 0.816. The Morgan fingerprint density at radius 1 is 1.15 bits per heavy atom. The van der Waals surface area contributed by atoms with Gasteiger partial charge in [0.05, 0.1) is 0 Å². The molecular formula is C18H28N2. The fourth-order valence-electron chi connectivity index (χ4n) is 3.11. The van der Waals surface area contributed by atoms with Gasteiger partial charge in [-0.2, -0.15) is 0 Å². The molecule has 2 fully saturated rings. The average molecular weight is 272 g/mol. The average Bonchev–Trinajstić information content (AvgIpc) is 3.20. The van der Waals surface area contributed by atoms with Gasteiger partial charge in [0.25, 0.3) is 0 Å². The van der Waals surface area contributed by atoms with Gasteiger partial charge in [-0.1, -0.05) is 25.5 Å². The van der Waals surface area contributed by atoms with Crippen molar-refractivity contribution in [3.63, 3.8) is 0 Å². The molecule has 1 saturated heterocycles. The number of nitrogens with one attached hydrogen (secondary N) is 1. The van der Waals surface area contributed by atoms with E-state index in [1.165, 1.54) is 69.4 Å². The molecule has 0 radical (unpaired) electrons. The molecule has 1 unspecified atom stereocenters. The van der Waals surface area contributed by atoms with Gasteiger partial charge in [-0.15, -0.1) is 0 Å². The zero-order valence-corrected chi connectivity index (χ0v) is 12.8. The van der Waals surface area contributed by atoms with E-state index in [0.717, 1.165) is 12.0 Å². The molecule has 0 amide bonds. The summed E-state index contributed by atoms with van der Waals surface area (Å²) < 4.78 is 0. The third kappa shape index (κ3) is 3.76. The lowest BCUT2D eigenvalue weighted by Gasteiger charge is -2.19. The fraction of sp³-hybridized carbons (Fsp3) is 0.667. The van der Waals surface area contributed by atoms with Gasteiger partial charge in [-0.05, 0) is 62.3 Å². The van der Waals surface area contributed by atoms with Crippen molar-refractivity contribution >= 4 is 5.69 Å². The van der Waals surface area contributed by atoms with Gasteiger partial charge in [0, 0.05) is 24.8 Å². The number of nitrogens with zero attached hydrogens (tertiary/aromatic N) is 1. The SMILES string of the molecule is CCCCc1ccc(N2CCC(CNC3CC3)C2)cc1. The standard InChI is InChI=1S/C18H28N2/c1-2-3-4-15-5-9-18(10-6-15)20-12-11-16(14-20)13-19-17-7-8-17/h5-6,9-10,16-17,19H,2-4,7-8,11-14H2,1H3. The summed E-state index contributed by atoms with van der Waals surface area (Å²) in [7, 11) is 0. The minimum Gasteiger partial charge on any atom is -0.371 e. The van der Waals surface area contributed by atoms with Crippen molar-refractivity contribution in [1.29, 1.82) is 0 Å². The van der Waals surface area contributed by atoms with Gasteiger partial charge in [-0.3, -0.25) is 0 Å². The number of benzene rings is 1. The van der Waals surface area contributed by atoms with Crippen LogP contribution in [0, 0.1) is 5.92 Å². The second-order valence-corrected chi connectivity index (χ2v) is 6.55. The van der Waals surface area contributed by atoms with Crippen LogP contribution in [0.4, 0.5) is 5.69 Å². The zero-order valence-electron chi connectivity index (χ0n) is 12.8. The molecule has 3 rings (SSSR count). The van der Waals surface area contributed by atoms with Crippen molar-refractivity contribution in [3.05, 3.63) is 29.8 Å². The predicted octanol–water partition coefficient (Wildman–Crippen LogP) is 3.61. The van der Waals surface area contributed by atoms with E-state index in [4.69, 9.17) is 0 Å². The van der Waals surface area contributed by atoms with Crippen LogP contribution in [-0.4, -0.2) is 25.7 Å². The molecule has 0 spiro atoms. The first-order chi connectivity index (χ1) is 9.85. The van der Waals surface area contributed by atoms with E-state index in [9.17, 15) is 0 Å². The van der Waals surface area contributed by atoms with E-state index in [1.807, 2.05) is 0 Å². The Morgan fingerprint density at radius 2 is 1.95 bits per heavy atom. The smallest absolute Gasteiger partial charge is 0.0366 e. The molecule has 1 aromatic rings. The van der Waals surface area contributed by atoms with Crippen LogP contribution in [-0.2, 0) is 6.42 Å². The fourth-order valence-corrected chi connectivity index (χ4v) is 3.11. The predicted molar refractivity (Wildman–Crippen MR) is 86.4 cm³/mol. The number of anilines is 1. The highest BCUT2D eigenvalue weighted by Crippen LogP contribution is 2.25. The van der Waals surface area contributed by atoms with E-state index >= 15 is 0 Å². The van der Waals surface area contributed by atoms with Crippen molar-refractivity contribution in [2.75, 3.05) is 24.5 Å². The summed E-state index contributed by atoms with van der Waals surface area (Å²) in [5.41, 5.74) is 2.90. The first-order valence-corrected chi connectivity index (χ1v) is 8.42. The van der Waals surface area contributed by atoms with Gasteiger partial charge >= 0.3 is 0 Å². The Balaban J connectivity index is 1.48. The number of unbranched alkanes of at least 4 members (excludes halogenated alkanes) is 1. The molecule has 2 heteroatoms. The van der Waals surface area contributed by atoms with Crippen LogP contribution in [0.25, 0.3) is 0 Å². The second-order valence-electron chi connectivity index (χ2n) is 6.55. The van der Waals surface area contributed by atoms with E-state index in [-0.39, 0.29) is 0 Å². The van der Waals surface area contributed by atoms with Crippen LogP contribution in [0.2, 0.25) is 0 Å². The van der Waals surface area contributed by atoms with Crippen LogP contribution in [0.3, 0.4) is 0 Å². The summed E-state index contributed by atoms with van der Waals surface area (Å²) in [4.78, 5) is 2.56. The first kappa shape index (κ1) is 13.9. The molecule has 2 aliphatic rings. The second kappa shape index (κ2) is 6.62. The Bertz CT molecular complexity index is 408. The Hall–Kier alpha value is -1.02. The molecular weight excluding hydrogens is 244 g/mol. The van der Waals surface area contributed by atoms with Crippen LogP contribution < -0.4 is 10.2 Å². The minimum absolute atomic E-state index is 0.843. The Kier molecular flexibility index (Phi) is 4.62. The third-order valence-electron chi connectivity index (χ3n) is 4.68. The van der Waals surface area contributed by atoms with Crippen molar-refractivity contribution in [2.45, 2.75) is 51.5 Å². The maximum absolute atomic E-state index is 3.68. The molecule has 1 N–H and O–H groups in total. The molecule has 110 valence electrons. The molecule has 1 atom stereocenters. The van der Waals surface area contributed by atoms with Gasteiger partial charge in [0.15, 0.2) is 0 Å². The molecule has 0 aromatic heterocycles. The lowest BCUT2D eigenvalue weighted by atomic mass is 10.1. The van der Waals surface area contributed by atoms with Crippen LogP contribution in [0.1, 0.15) is 44.6 Å². The Labute approximate surface area is 123 Å². The van der Waals surface area contributed by atoms with Crippen LogP contribution in [0.5, 0.6) is 0 Å². The number of aryl methyl sites for hydroxylation is 1. The molecule has 1 heterocycles. The van der Waals surface area contributed by atoms with Gasteiger partial charge in [0.2, 0.25) is 0 Å². The van der Waals surface area contributed by atoms with E-state index in [2.05, 4.69) is 41.4 Å². The summed E-state index contributed by atoms with van der Waals surface area (Å²) in [6.45, 7) is 5.93. The number of hydrogen-bond acceptors (Lipinski definition) is 2. The lowest BCUT2D eigenvalue weighted by Crippen LogP contribution is -2.27. The van der Waals surface area contributed by atoms with Crippen molar-refractivity contribution < 1.29 is 0 Å². The summed E-state index contributed by atoms with van der Waals surface area (Å²) in [6, 6.07) is 10.1. The molecule has 1 aliphatic carbocycles. The maximum Gasteiger partial charge on any atom is 0.0366 e. The summed E-state index contributed by atoms with van der Waals surface area (Å²) >= 11 is 0. The van der Waals surface area contributed by atoms with Gasteiger partial charge in [0.1, 0.15) is 0 Å². The topological polar surface area (TPSA) is 15.3 Å². The first-order valence-electron chi connectivity index (χ1n) is 8.42. The van der Waals surface area contributed by atoms with Crippen molar-refractivity contribution in [2.24, 2.45) is 5.92 Å². The Morgan fingerprint density at radius 3 is 2.65 bits per heavy atom. The van der Waals surface area contributed by atoms with Crippen LogP contribution in [0.15, 0.2) is 24.3 Å². The lowest BCUT2D eigenvalue weighted by molar-refractivity contribution is 0.515. The molecule has 0 bridgehead atoms. The van der Waals surface area contributed by atoms with Gasteiger partial charge in [-0.25, -0.2) is 0 Å². The summed E-state index contributed by atoms with van der Waals surface area (Å²) in [5, 5.41) is 3.68. The monoisotopic (exact) mass is 272 g/mol. The molecule has 2 nitrogen and oxygen atoms in total. The summed E-state index contributed by atoms with van der Waals surface area (Å²) in [5.74, 6) is 0.843. The van der Waals surface area contributed by atoms with Crippen molar-refractivity contribution in [3.8, 4) is 0 Å². The largest absolute Gasteiger partial charge is 0.371 e. The highest BCUT2D eigenvalue weighted by Gasteiger charge is 2.26. The number of rotatable bonds is 7. The minimum atomic E-state index is 0.843. The third-order valence-corrected chi connectivity index (χ3v) is 4.68. The normalized spacial score (nSPS) is 22.4.